The molecule has 20 heavy (non-hydrogen) atoms. The Kier molecular flexibility index (Phi) is 3.08. The number of primary amides is 1. The molecular weight excluding hydrogens is 278 g/mol. The Bertz CT molecular complexity index is 798. The Morgan fingerprint density at radius 1 is 1.30 bits per heavy atom. The highest BCUT2D eigenvalue weighted by Gasteiger charge is 2.07. The predicted octanol–water partition coefficient (Wildman–Crippen LogP) is 1.63. The molecule has 0 saturated carbocycles. The number of carbonyl (C=O) groups excluding carboxylic acids is 1. The summed E-state index contributed by atoms with van der Waals surface area (Å²) in [6.45, 7) is 0.440. The standard InChI is InChI=1S/C13H10ClN5O/c14-10-4-9-3-8(1-2-11(9)16-5-10)7-19-17-6-12(18-19)13(15)20/h1-6H,7H2,(H2,15,20). The Morgan fingerprint density at radius 2 is 2.15 bits per heavy atom. The molecule has 0 unspecified atom stereocenters. The van der Waals surface area contributed by atoms with E-state index >= 15 is 0 Å². The monoisotopic (exact) mass is 287 g/mol. The third kappa shape index (κ3) is 2.46. The van der Waals surface area contributed by atoms with E-state index in [1.165, 1.54) is 11.0 Å². The van der Waals surface area contributed by atoms with Gasteiger partial charge >= 0.3 is 0 Å². The summed E-state index contributed by atoms with van der Waals surface area (Å²) in [7, 11) is 0. The van der Waals surface area contributed by atoms with Crippen LogP contribution in [0.3, 0.4) is 0 Å². The molecule has 2 aromatic heterocycles. The van der Waals surface area contributed by atoms with Crippen LogP contribution in [-0.2, 0) is 6.54 Å². The summed E-state index contributed by atoms with van der Waals surface area (Å²) in [6, 6.07) is 7.64. The highest BCUT2D eigenvalue weighted by Crippen LogP contribution is 2.18. The topological polar surface area (TPSA) is 86.7 Å². The summed E-state index contributed by atoms with van der Waals surface area (Å²) in [5.74, 6) is -0.592. The van der Waals surface area contributed by atoms with Gasteiger partial charge in [-0.05, 0) is 23.8 Å². The third-order valence-corrected chi connectivity index (χ3v) is 3.03. The molecule has 100 valence electrons. The molecule has 0 aliphatic heterocycles. The Hall–Kier alpha value is -2.47. The normalized spacial score (nSPS) is 10.8. The van der Waals surface area contributed by atoms with Gasteiger partial charge in [-0.15, -0.1) is 5.10 Å². The van der Waals surface area contributed by atoms with Crippen molar-refractivity contribution in [2.75, 3.05) is 0 Å². The van der Waals surface area contributed by atoms with Crippen molar-refractivity contribution in [2.45, 2.75) is 6.54 Å². The van der Waals surface area contributed by atoms with Gasteiger partial charge in [0.05, 0.1) is 23.3 Å². The van der Waals surface area contributed by atoms with Gasteiger partial charge in [0.1, 0.15) is 0 Å². The second-order valence-corrected chi connectivity index (χ2v) is 4.74. The number of halogens is 1. The van der Waals surface area contributed by atoms with Crippen molar-refractivity contribution in [3.8, 4) is 0 Å². The van der Waals surface area contributed by atoms with Crippen molar-refractivity contribution in [3.63, 3.8) is 0 Å². The summed E-state index contributed by atoms with van der Waals surface area (Å²) >= 11 is 5.93. The minimum atomic E-state index is -0.592. The highest BCUT2D eigenvalue weighted by molar-refractivity contribution is 6.31. The van der Waals surface area contributed by atoms with E-state index in [1.54, 1.807) is 6.20 Å². The van der Waals surface area contributed by atoms with Gasteiger partial charge in [0, 0.05) is 11.6 Å². The van der Waals surface area contributed by atoms with Crippen LogP contribution in [0, 0.1) is 0 Å². The molecule has 0 saturated heterocycles. The minimum absolute atomic E-state index is 0.149. The van der Waals surface area contributed by atoms with Crippen molar-refractivity contribution in [1.82, 2.24) is 20.0 Å². The number of nitrogens with zero attached hydrogens (tertiary/aromatic N) is 4. The van der Waals surface area contributed by atoms with E-state index in [0.717, 1.165) is 16.5 Å². The van der Waals surface area contributed by atoms with Gasteiger partial charge in [0.15, 0.2) is 5.69 Å². The van der Waals surface area contributed by atoms with Crippen molar-refractivity contribution < 1.29 is 4.79 Å². The molecule has 0 bridgehead atoms. The SMILES string of the molecule is NC(=O)c1cnn(Cc2ccc3ncc(Cl)cc3c2)n1. The zero-order valence-corrected chi connectivity index (χ0v) is 11.1. The average Bonchev–Trinajstić information content (AvgIpc) is 2.87. The third-order valence-electron chi connectivity index (χ3n) is 2.83. The fourth-order valence-electron chi connectivity index (χ4n) is 1.90. The zero-order valence-electron chi connectivity index (χ0n) is 10.3. The van der Waals surface area contributed by atoms with Crippen LogP contribution < -0.4 is 5.73 Å². The summed E-state index contributed by atoms with van der Waals surface area (Å²) in [5, 5.41) is 9.51. The molecule has 0 atom stereocenters. The fourth-order valence-corrected chi connectivity index (χ4v) is 2.07. The van der Waals surface area contributed by atoms with Crippen molar-refractivity contribution in [1.29, 1.82) is 0 Å². The first kappa shape index (κ1) is 12.6. The lowest BCUT2D eigenvalue weighted by molar-refractivity contribution is 0.0995. The largest absolute Gasteiger partial charge is 0.364 e. The van der Waals surface area contributed by atoms with Gasteiger partial charge < -0.3 is 5.73 Å². The molecule has 0 fully saturated rings. The van der Waals surface area contributed by atoms with E-state index in [4.69, 9.17) is 17.3 Å². The first-order chi connectivity index (χ1) is 9.61. The first-order valence-electron chi connectivity index (χ1n) is 5.86. The zero-order chi connectivity index (χ0) is 14.1. The summed E-state index contributed by atoms with van der Waals surface area (Å²) in [4.78, 5) is 16.6. The van der Waals surface area contributed by atoms with E-state index in [0.29, 0.717) is 11.6 Å². The maximum atomic E-state index is 11.0. The molecule has 7 heteroatoms. The summed E-state index contributed by atoms with van der Waals surface area (Å²) < 4.78 is 0. The van der Waals surface area contributed by atoms with Gasteiger partial charge in [0.2, 0.25) is 0 Å². The van der Waals surface area contributed by atoms with E-state index in [1.807, 2.05) is 24.3 Å². The van der Waals surface area contributed by atoms with Crippen LogP contribution in [-0.4, -0.2) is 25.9 Å². The number of hydrogen-bond donors (Lipinski definition) is 1. The Balaban J connectivity index is 1.91. The molecule has 3 aromatic rings. The van der Waals surface area contributed by atoms with Crippen molar-refractivity contribution in [3.05, 3.63) is 52.9 Å². The van der Waals surface area contributed by atoms with Gasteiger partial charge in [-0.25, -0.2) is 0 Å². The smallest absolute Gasteiger partial charge is 0.270 e. The molecule has 2 N–H and O–H groups in total. The first-order valence-corrected chi connectivity index (χ1v) is 6.24. The van der Waals surface area contributed by atoms with E-state index in [2.05, 4.69) is 15.2 Å². The van der Waals surface area contributed by atoms with Gasteiger partial charge in [0.25, 0.3) is 5.91 Å². The summed E-state index contributed by atoms with van der Waals surface area (Å²) in [5.41, 5.74) is 7.13. The molecular formula is C13H10ClN5O. The second kappa shape index (κ2) is 4.90. The lowest BCUT2D eigenvalue weighted by atomic mass is 10.1. The van der Waals surface area contributed by atoms with Gasteiger partial charge in [-0.3, -0.25) is 9.78 Å². The van der Waals surface area contributed by atoms with Crippen LogP contribution in [0.2, 0.25) is 5.02 Å². The van der Waals surface area contributed by atoms with Crippen LogP contribution in [0.25, 0.3) is 10.9 Å². The maximum absolute atomic E-state index is 11.0. The van der Waals surface area contributed by atoms with Crippen LogP contribution in [0.5, 0.6) is 0 Å². The maximum Gasteiger partial charge on any atom is 0.270 e. The molecule has 1 amide bonds. The number of fused-ring (bicyclic) bond motifs is 1. The molecule has 2 heterocycles. The molecule has 6 nitrogen and oxygen atoms in total. The Labute approximate surface area is 119 Å². The van der Waals surface area contributed by atoms with Crippen molar-refractivity contribution in [2.24, 2.45) is 5.73 Å². The number of rotatable bonds is 3. The number of aromatic nitrogens is 4. The second-order valence-electron chi connectivity index (χ2n) is 4.31. The number of carbonyl (C=O) groups is 1. The lowest BCUT2D eigenvalue weighted by Gasteiger charge is -2.03. The number of nitrogens with two attached hydrogens (primary N) is 1. The molecule has 0 spiro atoms. The minimum Gasteiger partial charge on any atom is -0.364 e. The van der Waals surface area contributed by atoms with Crippen molar-refractivity contribution >= 4 is 28.4 Å². The number of benzene rings is 1. The number of amides is 1. The highest BCUT2D eigenvalue weighted by atomic mass is 35.5. The fraction of sp³-hybridized carbons (Fsp3) is 0.0769. The predicted molar refractivity (Wildman–Crippen MR) is 74.4 cm³/mol. The lowest BCUT2D eigenvalue weighted by Crippen LogP contribution is -2.13. The number of pyridine rings is 1. The van der Waals surface area contributed by atoms with Crippen LogP contribution >= 0.6 is 11.6 Å². The van der Waals surface area contributed by atoms with Gasteiger partial charge in [-0.2, -0.15) is 9.90 Å². The van der Waals surface area contributed by atoms with E-state index in [9.17, 15) is 4.79 Å². The Morgan fingerprint density at radius 3 is 2.90 bits per heavy atom. The van der Waals surface area contributed by atoms with Crippen LogP contribution in [0.4, 0.5) is 0 Å². The molecule has 3 rings (SSSR count). The molecule has 0 aliphatic rings. The average molecular weight is 288 g/mol. The van der Waals surface area contributed by atoms with Crippen LogP contribution in [0.15, 0.2) is 36.7 Å². The summed E-state index contributed by atoms with van der Waals surface area (Å²) in [6.07, 6.45) is 2.96. The molecule has 0 radical (unpaired) electrons. The molecule has 0 aliphatic carbocycles. The van der Waals surface area contributed by atoms with E-state index in [-0.39, 0.29) is 5.69 Å². The number of hydrogen-bond acceptors (Lipinski definition) is 4. The molecule has 1 aromatic carbocycles. The quantitative estimate of drug-likeness (QED) is 0.793. The van der Waals surface area contributed by atoms with Crippen LogP contribution in [0.1, 0.15) is 16.1 Å². The van der Waals surface area contributed by atoms with E-state index < -0.39 is 5.91 Å². The van der Waals surface area contributed by atoms with Gasteiger partial charge in [-0.1, -0.05) is 17.7 Å².